The van der Waals surface area contributed by atoms with E-state index in [1.54, 1.807) is 0 Å². The Morgan fingerprint density at radius 1 is 1.21 bits per heavy atom. The third-order valence-electron chi connectivity index (χ3n) is 5.21. The first-order valence-electron chi connectivity index (χ1n) is 7.48. The Morgan fingerprint density at radius 3 is 2.42 bits per heavy atom. The number of benzene rings is 1. The van der Waals surface area contributed by atoms with Gasteiger partial charge in [-0.3, -0.25) is 0 Å². The highest BCUT2D eigenvalue weighted by Crippen LogP contribution is 2.48. The summed E-state index contributed by atoms with van der Waals surface area (Å²) in [4.78, 5) is 0. The average molecular weight is 261 g/mol. The molecular weight excluding hydrogens is 234 g/mol. The van der Waals surface area contributed by atoms with Crippen LogP contribution in [0.15, 0.2) is 18.2 Å². The normalized spacial score (nSPS) is 24.9. The maximum absolute atomic E-state index is 6.28. The van der Waals surface area contributed by atoms with E-state index in [1.165, 1.54) is 24.0 Å². The lowest BCUT2D eigenvalue weighted by Crippen LogP contribution is -2.63. The summed E-state index contributed by atoms with van der Waals surface area (Å²) >= 11 is 0. The van der Waals surface area contributed by atoms with Crippen LogP contribution in [0, 0.1) is 19.3 Å². The quantitative estimate of drug-likeness (QED) is 0.869. The van der Waals surface area contributed by atoms with Gasteiger partial charge < -0.3 is 10.1 Å². The molecule has 2 unspecified atom stereocenters. The first kappa shape index (κ1) is 14.4. The molecule has 19 heavy (non-hydrogen) atoms. The monoisotopic (exact) mass is 261 g/mol. The van der Waals surface area contributed by atoms with Crippen LogP contribution in [0.1, 0.15) is 44.2 Å². The van der Waals surface area contributed by atoms with E-state index in [9.17, 15) is 0 Å². The van der Waals surface area contributed by atoms with Crippen molar-refractivity contribution in [1.82, 2.24) is 5.32 Å². The summed E-state index contributed by atoms with van der Waals surface area (Å²) in [6.07, 6.45) is 3.81. The zero-order valence-corrected chi connectivity index (χ0v) is 12.9. The van der Waals surface area contributed by atoms with Crippen LogP contribution in [0.4, 0.5) is 0 Å². The van der Waals surface area contributed by atoms with Gasteiger partial charge in [-0.25, -0.2) is 0 Å². The second kappa shape index (κ2) is 5.54. The highest BCUT2D eigenvalue weighted by Gasteiger charge is 2.53. The minimum Gasteiger partial charge on any atom is -0.490 e. The number of hydrogen-bond acceptors (Lipinski definition) is 2. The molecule has 1 N–H and O–H groups in total. The van der Waals surface area contributed by atoms with E-state index in [1.807, 2.05) is 0 Å². The number of rotatable bonds is 5. The summed E-state index contributed by atoms with van der Waals surface area (Å²) in [7, 11) is 2.07. The molecule has 1 saturated carbocycles. The molecule has 2 rings (SSSR count). The molecule has 106 valence electrons. The van der Waals surface area contributed by atoms with Gasteiger partial charge in [-0.1, -0.05) is 19.9 Å². The molecule has 2 nitrogen and oxygen atoms in total. The van der Waals surface area contributed by atoms with Crippen molar-refractivity contribution >= 4 is 0 Å². The van der Waals surface area contributed by atoms with Gasteiger partial charge in [0.1, 0.15) is 11.9 Å². The number of ether oxygens (including phenoxy) is 1. The predicted octanol–water partition coefficient (Wildman–Crippen LogP) is 3.85. The minimum atomic E-state index is 0.299. The largest absolute Gasteiger partial charge is 0.490 e. The second-order valence-corrected chi connectivity index (χ2v) is 5.87. The lowest BCUT2D eigenvalue weighted by atomic mass is 9.58. The van der Waals surface area contributed by atoms with E-state index in [-0.39, 0.29) is 0 Å². The third kappa shape index (κ3) is 2.38. The van der Waals surface area contributed by atoms with Crippen molar-refractivity contribution in [1.29, 1.82) is 0 Å². The minimum absolute atomic E-state index is 0.299. The van der Waals surface area contributed by atoms with Crippen LogP contribution in [0.25, 0.3) is 0 Å². The highest BCUT2D eigenvalue weighted by atomic mass is 16.5. The number of nitrogens with one attached hydrogen (secondary N) is 1. The molecule has 2 atom stereocenters. The van der Waals surface area contributed by atoms with Crippen LogP contribution < -0.4 is 10.1 Å². The van der Waals surface area contributed by atoms with Crippen molar-refractivity contribution in [3.63, 3.8) is 0 Å². The standard InChI is InChI=1S/C17H27NO/c1-6-17(7-2)15(18-5)11-16(17)19-14-9-8-12(3)13(4)10-14/h8-10,15-16,18H,6-7,11H2,1-5H3. The molecule has 0 amide bonds. The van der Waals surface area contributed by atoms with Gasteiger partial charge in [0.15, 0.2) is 0 Å². The Morgan fingerprint density at radius 2 is 1.89 bits per heavy atom. The zero-order chi connectivity index (χ0) is 14.0. The van der Waals surface area contributed by atoms with E-state index in [0.717, 1.165) is 12.2 Å². The van der Waals surface area contributed by atoms with Crippen LogP contribution >= 0.6 is 0 Å². The Labute approximate surface area is 117 Å². The van der Waals surface area contributed by atoms with E-state index >= 15 is 0 Å². The lowest BCUT2D eigenvalue weighted by Gasteiger charge is -2.55. The molecule has 1 aromatic rings. The van der Waals surface area contributed by atoms with E-state index in [2.05, 4.69) is 58.3 Å². The Balaban J connectivity index is 2.13. The second-order valence-electron chi connectivity index (χ2n) is 5.87. The van der Waals surface area contributed by atoms with Crippen LogP contribution in [0.2, 0.25) is 0 Å². The molecule has 0 aromatic heterocycles. The molecule has 0 radical (unpaired) electrons. The number of aryl methyl sites for hydroxylation is 2. The van der Waals surface area contributed by atoms with Crippen molar-refractivity contribution in [3.8, 4) is 5.75 Å². The topological polar surface area (TPSA) is 21.3 Å². The molecule has 0 spiro atoms. The van der Waals surface area contributed by atoms with Gasteiger partial charge in [-0.2, -0.15) is 0 Å². The van der Waals surface area contributed by atoms with Crippen LogP contribution in [0.3, 0.4) is 0 Å². The fourth-order valence-corrected chi connectivity index (χ4v) is 3.47. The lowest BCUT2D eigenvalue weighted by molar-refractivity contribution is -0.0836. The molecule has 1 fully saturated rings. The van der Waals surface area contributed by atoms with Crippen molar-refractivity contribution in [2.45, 2.75) is 59.1 Å². The fourth-order valence-electron chi connectivity index (χ4n) is 3.47. The average Bonchev–Trinajstić information content (AvgIpc) is 2.40. The van der Waals surface area contributed by atoms with Crippen molar-refractivity contribution in [2.75, 3.05) is 7.05 Å². The smallest absolute Gasteiger partial charge is 0.120 e. The van der Waals surface area contributed by atoms with Crippen LogP contribution in [-0.2, 0) is 0 Å². The maximum Gasteiger partial charge on any atom is 0.120 e. The molecule has 1 aliphatic carbocycles. The summed E-state index contributed by atoms with van der Waals surface area (Å²) in [5.74, 6) is 1.02. The Bertz CT molecular complexity index is 437. The van der Waals surface area contributed by atoms with Crippen molar-refractivity contribution in [2.24, 2.45) is 5.41 Å². The molecule has 2 heteroatoms. The van der Waals surface area contributed by atoms with E-state index in [0.29, 0.717) is 17.6 Å². The molecule has 0 aliphatic heterocycles. The fraction of sp³-hybridized carbons (Fsp3) is 0.647. The maximum atomic E-state index is 6.28. The summed E-state index contributed by atoms with van der Waals surface area (Å²) in [6.45, 7) is 8.85. The van der Waals surface area contributed by atoms with Crippen molar-refractivity contribution < 1.29 is 4.74 Å². The van der Waals surface area contributed by atoms with Crippen LogP contribution in [0.5, 0.6) is 5.75 Å². The first-order valence-corrected chi connectivity index (χ1v) is 7.48. The SMILES string of the molecule is CCC1(CC)C(NC)CC1Oc1ccc(C)c(C)c1. The predicted molar refractivity (Wildman–Crippen MR) is 80.8 cm³/mol. The number of hydrogen-bond donors (Lipinski definition) is 1. The van der Waals surface area contributed by atoms with Gasteiger partial charge in [0.2, 0.25) is 0 Å². The summed E-state index contributed by atoms with van der Waals surface area (Å²) < 4.78 is 6.28. The van der Waals surface area contributed by atoms with Gasteiger partial charge in [-0.15, -0.1) is 0 Å². The molecule has 1 aromatic carbocycles. The highest BCUT2D eigenvalue weighted by molar-refractivity contribution is 5.34. The molecule has 0 saturated heterocycles. The molecule has 0 heterocycles. The molecule has 0 bridgehead atoms. The summed E-state index contributed by atoms with van der Waals surface area (Å²) in [5, 5.41) is 3.45. The molecular formula is C17H27NO. The molecule has 1 aliphatic rings. The van der Waals surface area contributed by atoms with E-state index < -0.39 is 0 Å². The van der Waals surface area contributed by atoms with E-state index in [4.69, 9.17) is 4.74 Å². The van der Waals surface area contributed by atoms with Gasteiger partial charge in [0.25, 0.3) is 0 Å². The zero-order valence-electron chi connectivity index (χ0n) is 12.9. The van der Waals surface area contributed by atoms with Gasteiger partial charge in [0, 0.05) is 17.9 Å². The van der Waals surface area contributed by atoms with Gasteiger partial charge in [-0.05, 0) is 57.0 Å². The first-order chi connectivity index (χ1) is 9.07. The Kier molecular flexibility index (Phi) is 4.19. The summed E-state index contributed by atoms with van der Waals surface area (Å²) in [6, 6.07) is 7.01. The third-order valence-corrected chi connectivity index (χ3v) is 5.21. The van der Waals surface area contributed by atoms with Gasteiger partial charge in [0.05, 0.1) is 0 Å². The summed E-state index contributed by atoms with van der Waals surface area (Å²) in [5.41, 5.74) is 2.93. The van der Waals surface area contributed by atoms with Crippen molar-refractivity contribution in [3.05, 3.63) is 29.3 Å². The Hall–Kier alpha value is -1.02. The van der Waals surface area contributed by atoms with Crippen LogP contribution in [-0.4, -0.2) is 19.2 Å². The van der Waals surface area contributed by atoms with Gasteiger partial charge >= 0.3 is 0 Å².